The van der Waals surface area contributed by atoms with E-state index in [1.54, 1.807) is 24.3 Å². The average molecular weight is 369 g/mol. The molecule has 0 saturated carbocycles. The van der Waals surface area contributed by atoms with E-state index in [9.17, 15) is 18.0 Å². The molecule has 27 heavy (non-hydrogen) atoms. The minimum Gasteiger partial charge on any atom is -0.324 e. The molecule has 1 aromatic heterocycles. The zero-order chi connectivity index (χ0) is 19.4. The van der Waals surface area contributed by atoms with Gasteiger partial charge in [0.05, 0.1) is 17.3 Å². The van der Waals surface area contributed by atoms with E-state index >= 15 is 0 Å². The number of carbonyl (C=O) groups excluding carboxylic acids is 1. The van der Waals surface area contributed by atoms with Gasteiger partial charge in [0.2, 0.25) is 5.95 Å². The summed E-state index contributed by atoms with van der Waals surface area (Å²) in [6, 6.07) is 11.3. The highest BCUT2D eigenvalue weighted by molar-refractivity contribution is 6.03. The predicted molar refractivity (Wildman–Crippen MR) is 90.7 cm³/mol. The first-order valence-electron chi connectivity index (χ1n) is 7.53. The molecule has 0 fully saturated rings. The molecule has 0 aliphatic rings. The number of nitriles is 1. The lowest BCUT2D eigenvalue weighted by molar-refractivity contribution is 0.102. The molecule has 6 nitrogen and oxygen atoms in total. The number of halogens is 3. The Labute approximate surface area is 151 Å². The molecule has 2 aromatic carbocycles. The molecule has 9 heteroatoms. The van der Waals surface area contributed by atoms with Crippen LogP contribution >= 0.6 is 0 Å². The molecule has 0 unspecified atom stereocenters. The smallest absolute Gasteiger partial charge is 0.274 e. The van der Waals surface area contributed by atoms with Gasteiger partial charge in [-0.05, 0) is 42.5 Å². The molecule has 0 aliphatic heterocycles. The second-order valence-electron chi connectivity index (χ2n) is 5.26. The lowest BCUT2D eigenvalue weighted by Crippen LogP contribution is -2.16. The van der Waals surface area contributed by atoms with Gasteiger partial charge in [-0.2, -0.15) is 5.26 Å². The highest BCUT2D eigenvalue weighted by Crippen LogP contribution is 2.20. The molecule has 0 bridgehead atoms. The van der Waals surface area contributed by atoms with Gasteiger partial charge in [-0.15, -0.1) is 0 Å². The molecular formula is C18H10F3N5O. The third-order valence-electron chi connectivity index (χ3n) is 3.44. The normalized spacial score (nSPS) is 10.1. The zero-order valence-electron chi connectivity index (χ0n) is 13.5. The second-order valence-corrected chi connectivity index (χ2v) is 5.26. The Balaban J connectivity index is 1.77. The predicted octanol–water partition coefficient (Wildman–Crippen LogP) is 3.76. The first-order chi connectivity index (χ1) is 13.0. The van der Waals surface area contributed by atoms with Gasteiger partial charge in [0.1, 0.15) is 5.69 Å². The number of benzene rings is 2. The maximum Gasteiger partial charge on any atom is 0.274 e. The lowest BCUT2D eigenvalue weighted by atomic mass is 10.2. The van der Waals surface area contributed by atoms with Crippen LogP contribution in [-0.2, 0) is 0 Å². The summed E-state index contributed by atoms with van der Waals surface area (Å²) in [5.74, 6) is -5.29. The molecule has 1 amide bonds. The highest BCUT2D eigenvalue weighted by Gasteiger charge is 2.17. The third-order valence-corrected chi connectivity index (χ3v) is 3.44. The van der Waals surface area contributed by atoms with Crippen LogP contribution in [0.15, 0.2) is 48.7 Å². The van der Waals surface area contributed by atoms with Gasteiger partial charge in [0.15, 0.2) is 17.5 Å². The zero-order valence-corrected chi connectivity index (χ0v) is 13.5. The van der Waals surface area contributed by atoms with E-state index in [2.05, 4.69) is 20.6 Å². The van der Waals surface area contributed by atoms with Crippen LogP contribution in [-0.4, -0.2) is 15.9 Å². The van der Waals surface area contributed by atoms with Crippen LogP contribution < -0.4 is 10.6 Å². The fourth-order valence-corrected chi connectivity index (χ4v) is 2.11. The van der Waals surface area contributed by atoms with Crippen LogP contribution in [0, 0.1) is 28.8 Å². The highest BCUT2D eigenvalue weighted by atomic mass is 19.2. The first-order valence-corrected chi connectivity index (χ1v) is 7.53. The lowest BCUT2D eigenvalue weighted by Gasteiger charge is -2.08. The molecule has 3 aromatic rings. The average Bonchev–Trinajstić information content (AvgIpc) is 2.69. The molecule has 0 radical (unpaired) electrons. The van der Waals surface area contributed by atoms with Crippen molar-refractivity contribution < 1.29 is 18.0 Å². The summed E-state index contributed by atoms with van der Waals surface area (Å²) in [6.07, 6.45) is 1.30. The van der Waals surface area contributed by atoms with Crippen molar-refractivity contribution in [2.45, 2.75) is 0 Å². The van der Waals surface area contributed by atoms with Gasteiger partial charge in [0, 0.05) is 11.9 Å². The SMILES string of the molecule is N#Cc1ccc(Nc2nccc(C(=O)Nc3ccc(F)c(F)c3F)n2)cc1. The maximum atomic E-state index is 13.7. The first kappa shape index (κ1) is 17.9. The number of rotatable bonds is 4. The van der Waals surface area contributed by atoms with E-state index in [1.165, 1.54) is 12.3 Å². The Morgan fingerprint density at radius 1 is 1.00 bits per heavy atom. The summed E-state index contributed by atoms with van der Waals surface area (Å²) in [5, 5.41) is 13.8. The molecule has 134 valence electrons. The summed E-state index contributed by atoms with van der Waals surface area (Å²) in [5.41, 5.74) is 0.422. The number of hydrogen-bond acceptors (Lipinski definition) is 5. The molecule has 0 spiro atoms. The number of amides is 1. The van der Waals surface area contributed by atoms with Crippen molar-refractivity contribution in [3.8, 4) is 6.07 Å². The van der Waals surface area contributed by atoms with E-state index in [4.69, 9.17) is 5.26 Å². The van der Waals surface area contributed by atoms with E-state index in [0.717, 1.165) is 6.07 Å². The number of nitrogens with one attached hydrogen (secondary N) is 2. The number of hydrogen-bond donors (Lipinski definition) is 2. The van der Waals surface area contributed by atoms with Crippen LogP contribution in [0.1, 0.15) is 16.1 Å². The van der Waals surface area contributed by atoms with Crippen LogP contribution in [0.2, 0.25) is 0 Å². The molecule has 0 saturated heterocycles. The maximum absolute atomic E-state index is 13.7. The van der Waals surface area contributed by atoms with Gasteiger partial charge in [-0.1, -0.05) is 0 Å². The second kappa shape index (κ2) is 7.53. The van der Waals surface area contributed by atoms with Crippen molar-refractivity contribution >= 4 is 23.2 Å². The summed E-state index contributed by atoms with van der Waals surface area (Å²) in [4.78, 5) is 20.1. The van der Waals surface area contributed by atoms with Crippen molar-refractivity contribution in [1.82, 2.24) is 9.97 Å². The Bertz CT molecular complexity index is 1050. The minimum atomic E-state index is -1.68. The summed E-state index contributed by atoms with van der Waals surface area (Å²) >= 11 is 0. The van der Waals surface area contributed by atoms with Crippen molar-refractivity contribution in [1.29, 1.82) is 5.26 Å². The number of carbonyl (C=O) groups is 1. The summed E-state index contributed by atoms with van der Waals surface area (Å²) in [6.45, 7) is 0. The summed E-state index contributed by atoms with van der Waals surface area (Å²) in [7, 11) is 0. The summed E-state index contributed by atoms with van der Waals surface area (Å²) < 4.78 is 39.9. The van der Waals surface area contributed by atoms with Gasteiger partial charge in [0.25, 0.3) is 5.91 Å². The van der Waals surface area contributed by atoms with Gasteiger partial charge in [-0.3, -0.25) is 4.79 Å². The number of anilines is 3. The molecular weight excluding hydrogens is 359 g/mol. The fraction of sp³-hybridized carbons (Fsp3) is 0. The van der Waals surface area contributed by atoms with Gasteiger partial charge in [-0.25, -0.2) is 23.1 Å². The topological polar surface area (TPSA) is 90.7 Å². The van der Waals surface area contributed by atoms with Crippen LogP contribution in [0.4, 0.5) is 30.5 Å². The Morgan fingerprint density at radius 3 is 2.44 bits per heavy atom. The largest absolute Gasteiger partial charge is 0.324 e. The quantitative estimate of drug-likeness (QED) is 0.684. The fourth-order valence-electron chi connectivity index (χ4n) is 2.11. The van der Waals surface area contributed by atoms with Crippen molar-refractivity contribution in [2.24, 2.45) is 0 Å². The monoisotopic (exact) mass is 369 g/mol. The van der Waals surface area contributed by atoms with Crippen molar-refractivity contribution in [3.63, 3.8) is 0 Å². The van der Waals surface area contributed by atoms with Crippen LogP contribution in [0.5, 0.6) is 0 Å². The standard InChI is InChI=1S/C18H10F3N5O/c19-12-5-6-13(16(21)15(12)20)25-17(27)14-7-8-23-18(26-14)24-11-3-1-10(9-22)2-4-11/h1-8H,(H,25,27)(H,23,24,26). The minimum absolute atomic E-state index is 0.0816. The number of nitrogens with zero attached hydrogens (tertiary/aromatic N) is 3. The van der Waals surface area contributed by atoms with E-state index < -0.39 is 29.0 Å². The Hall–Kier alpha value is -3.93. The number of aromatic nitrogens is 2. The van der Waals surface area contributed by atoms with E-state index in [-0.39, 0.29) is 11.6 Å². The van der Waals surface area contributed by atoms with E-state index in [0.29, 0.717) is 17.3 Å². The van der Waals surface area contributed by atoms with Gasteiger partial charge >= 0.3 is 0 Å². The molecule has 1 heterocycles. The molecule has 2 N–H and O–H groups in total. The molecule has 0 atom stereocenters. The Kier molecular flexibility index (Phi) is 4.99. The molecule has 0 aliphatic carbocycles. The molecule has 3 rings (SSSR count). The van der Waals surface area contributed by atoms with Crippen LogP contribution in [0.25, 0.3) is 0 Å². The van der Waals surface area contributed by atoms with Crippen LogP contribution in [0.3, 0.4) is 0 Å². The van der Waals surface area contributed by atoms with Gasteiger partial charge < -0.3 is 10.6 Å². The third kappa shape index (κ3) is 4.01. The van der Waals surface area contributed by atoms with Crippen molar-refractivity contribution in [3.05, 3.63) is 77.4 Å². The van der Waals surface area contributed by atoms with Crippen molar-refractivity contribution in [2.75, 3.05) is 10.6 Å². The Morgan fingerprint density at radius 2 is 1.74 bits per heavy atom. The van der Waals surface area contributed by atoms with E-state index in [1.807, 2.05) is 6.07 Å².